The molecule has 0 aliphatic heterocycles. The predicted molar refractivity (Wildman–Crippen MR) is 126 cm³/mol. The van der Waals surface area contributed by atoms with Crippen LogP contribution in [0.3, 0.4) is 0 Å². The van der Waals surface area contributed by atoms with Gasteiger partial charge in [0.15, 0.2) is 22.9 Å². The maximum absolute atomic E-state index is 14.5. The van der Waals surface area contributed by atoms with Gasteiger partial charge < -0.3 is 8.98 Å². The zero-order valence-corrected chi connectivity index (χ0v) is 18.6. The number of halogens is 1. The minimum absolute atomic E-state index is 0.0213. The number of aromatic nitrogens is 5. The Balaban J connectivity index is 1.56. The normalized spacial score (nSPS) is 13.2. The molecular weight excluding hydrogens is 447 g/mol. The molecule has 1 aliphatic carbocycles. The molecule has 0 spiro atoms. The molecule has 1 aliphatic rings. The van der Waals surface area contributed by atoms with Gasteiger partial charge in [-0.3, -0.25) is 4.79 Å². The highest BCUT2D eigenvalue weighted by Crippen LogP contribution is 2.43. The summed E-state index contributed by atoms with van der Waals surface area (Å²) in [5.74, 6) is 0.476. The first-order valence-electron chi connectivity index (χ1n) is 11.0. The van der Waals surface area contributed by atoms with Crippen LogP contribution in [0.1, 0.15) is 34.8 Å². The molecule has 5 aromatic rings. The molecule has 1 saturated carbocycles. The van der Waals surface area contributed by atoms with Crippen LogP contribution in [0.15, 0.2) is 53.2 Å². The molecule has 0 unspecified atom stereocenters. The van der Waals surface area contributed by atoms with Gasteiger partial charge in [-0.05, 0) is 54.3 Å². The van der Waals surface area contributed by atoms with Crippen molar-refractivity contribution in [1.29, 1.82) is 0 Å². The number of aldehydes is 1. The lowest BCUT2D eigenvalue weighted by molar-refractivity contribution is 0.112. The van der Waals surface area contributed by atoms with Gasteiger partial charge in [0.05, 0.1) is 6.57 Å². The minimum Gasteiger partial charge on any atom is -0.432 e. The second kappa shape index (κ2) is 7.95. The molecule has 0 radical (unpaired) electrons. The van der Waals surface area contributed by atoms with Crippen molar-refractivity contribution in [1.82, 2.24) is 24.7 Å². The van der Waals surface area contributed by atoms with Crippen molar-refractivity contribution >= 4 is 23.1 Å². The van der Waals surface area contributed by atoms with Gasteiger partial charge in [0.2, 0.25) is 5.89 Å². The van der Waals surface area contributed by atoms with E-state index < -0.39 is 5.82 Å². The summed E-state index contributed by atoms with van der Waals surface area (Å²) < 4.78 is 22.0. The van der Waals surface area contributed by atoms with Gasteiger partial charge in [-0.25, -0.2) is 19.2 Å². The van der Waals surface area contributed by atoms with Crippen LogP contribution in [0.5, 0.6) is 0 Å². The molecule has 0 N–H and O–H groups in total. The van der Waals surface area contributed by atoms with Crippen LogP contribution < -0.4 is 0 Å². The molecule has 0 bridgehead atoms. The topological polar surface area (TPSA) is 91.1 Å². The highest BCUT2D eigenvalue weighted by Gasteiger charge is 2.27. The largest absolute Gasteiger partial charge is 0.432 e. The average Bonchev–Trinajstić information content (AvgIpc) is 3.50. The van der Waals surface area contributed by atoms with Gasteiger partial charge in [0, 0.05) is 29.8 Å². The van der Waals surface area contributed by atoms with Crippen molar-refractivity contribution in [3.05, 3.63) is 77.3 Å². The van der Waals surface area contributed by atoms with Crippen molar-refractivity contribution in [2.24, 2.45) is 7.05 Å². The number of fused-ring (bicyclic) bond motifs is 1. The number of carbonyl (C=O) groups excluding carboxylic acids is 1. The molecule has 0 saturated heterocycles. The Bertz CT molecular complexity index is 1680. The smallest absolute Gasteiger partial charge is 0.246 e. The lowest BCUT2D eigenvalue weighted by atomic mass is 9.97. The van der Waals surface area contributed by atoms with Crippen LogP contribution in [-0.4, -0.2) is 31.0 Å². The number of aryl methyl sites for hydroxylation is 1. The molecule has 3 aromatic heterocycles. The summed E-state index contributed by atoms with van der Waals surface area (Å²) in [6.07, 6.45) is 4.25. The second-order valence-corrected chi connectivity index (χ2v) is 8.54. The highest BCUT2D eigenvalue weighted by atomic mass is 19.1. The zero-order chi connectivity index (χ0) is 24.1. The van der Waals surface area contributed by atoms with Crippen LogP contribution in [0, 0.1) is 12.4 Å². The van der Waals surface area contributed by atoms with Gasteiger partial charge in [-0.1, -0.05) is 12.1 Å². The summed E-state index contributed by atoms with van der Waals surface area (Å²) in [5.41, 5.74) is 4.73. The van der Waals surface area contributed by atoms with Crippen LogP contribution in [-0.2, 0) is 7.05 Å². The quantitative estimate of drug-likeness (QED) is 0.244. The van der Waals surface area contributed by atoms with E-state index in [1.54, 1.807) is 23.0 Å². The third-order valence-electron chi connectivity index (χ3n) is 6.06. The summed E-state index contributed by atoms with van der Waals surface area (Å²) in [4.78, 5) is 23.9. The lowest BCUT2D eigenvalue weighted by Gasteiger charge is -2.12. The fourth-order valence-corrected chi connectivity index (χ4v) is 4.16. The van der Waals surface area contributed by atoms with Crippen LogP contribution in [0.2, 0.25) is 0 Å². The molecule has 170 valence electrons. The van der Waals surface area contributed by atoms with E-state index in [0.717, 1.165) is 41.3 Å². The van der Waals surface area contributed by atoms with E-state index in [-0.39, 0.29) is 22.6 Å². The summed E-state index contributed by atoms with van der Waals surface area (Å²) in [6, 6.07) is 11.9. The van der Waals surface area contributed by atoms with Crippen molar-refractivity contribution in [3.63, 3.8) is 0 Å². The van der Waals surface area contributed by atoms with E-state index in [0.29, 0.717) is 29.4 Å². The molecule has 9 heteroatoms. The maximum atomic E-state index is 14.5. The van der Waals surface area contributed by atoms with Crippen molar-refractivity contribution < 1.29 is 13.6 Å². The Morgan fingerprint density at radius 2 is 2.00 bits per heavy atom. The number of pyridine rings is 1. The maximum Gasteiger partial charge on any atom is 0.246 e. The fourth-order valence-electron chi connectivity index (χ4n) is 4.16. The Morgan fingerprint density at radius 1 is 1.14 bits per heavy atom. The molecule has 0 amide bonds. The van der Waals surface area contributed by atoms with Gasteiger partial charge in [0.25, 0.3) is 0 Å². The Hall–Kier alpha value is -4.71. The highest BCUT2D eigenvalue weighted by molar-refractivity contribution is 5.87. The first-order valence-corrected chi connectivity index (χ1v) is 11.0. The average molecular weight is 464 g/mol. The van der Waals surface area contributed by atoms with E-state index in [1.807, 2.05) is 25.2 Å². The third kappa shape index (κ3) is 3.65. The van der Waals surface area contributed by atoms with Crippen molar-refractivity contribution in [3.8, 4) is 34.1 Å². The zero-order valence-electron chi connectivity index (χ0n) is 18.6. The van der Waals surface area contributed by atoms with Crippen LogP contribution in [0.25, 0.3) is 50.0 Å². The van der Waals surface area contributed by atoms with Gasteiger partial charge in [0.1, 0.15) is 23.8 Å². The van der Waals surface area contributed by atoms with E-state index in [9.17, 15) is 9.18 Å². The summed E-state index contributed by atoms with van der Waals surface area (Å²) in [6.45, 7) is 7.44. The molecule has 8 nitrogen and oxygen atoms in total. The summed E-state index contributed by atoms with van der Waals surface area (Å²) in [5, 5.41) is 8.24. The molecule has 1 fully saturated rings. The number of rotatable bonds is 5. The molecule has 3 heterocycles. The van der Waals surface area contributed by atoms with E-state index in [2.05, 4.69) is 20.0 Å². The van der Waals surface area contributed by atoms with Gasteiger partial charge >= 0.3 is 0 Å². The number of carbonyl (C=O) groups is 1. The number of hydrogen-bond donors (Lipinski definition) is 0. The van der Waals surface area contributed by atoms with Gasteiger partial charge in [-0.2, -0.15) is 0 Å². The predicted octanol–water partition coefficient (Wildman–Crippen LogP) is 5.73. The summed E-state index contributed by atoms with van der Waals surface area (Å²) in [7, 11) is 1.84. The van der Waals surface area contributed by atoms with Crippen molar-refractivity contribution in [2.75, 3.05) is 0 Å². The van der Waals surface area contributed by atoms with Gasteiger partial charge in [-0.15, -0.1) is 10.2 Å². The number of hydrogen-bond acceptors (Lipinski definition) is 6. The second-order valence-electron chi connectivity index (χ2n) is 8.54. The first kappa shape index (κ1) is 20.9. The fraction of sp³-hybridized carbons (Fsp3) is 0.154. The van der Waals surface area contributed by atoms with E-state index >= 15 is 0 Å². The number of oxazole rings is 1. The molecule has 2 aromatic carbocycles. The molecule has 6 rings (SSSR count). The number of nitrogens with zero attached hydrogens (tertiary/aromatic N) is 6. The Labute approximate surface area is 198 Å². The van der Waals surface area contributed by atoms with E-state index in [1.165, 1.54) is 6.07 Å². The standard InChI is InChI=1S/C26H17FN6O2/c1-28-17-5-6-18(19(11-17)25-32-29-13-33(25)2)16-9-21(15-3-4-15)30-23(10-16)26-31-22-8-14(12-34)7-20(27)24(22)35-26/h5-13,15H,3-4H2,2H3. The number of benzene rings is 2. The Kier molecular flexibility index (Phi) is 4.74. The first-order chi connectivity index (χ1) is 17.0. The van der Waals surface area contributed by atoms with Crippen molar-refractivity contribution in [2.45, 2.75) is 18.8 Å². The third-order valence-corrected chi connectivity index (χ3v) is 6.06. The SMILES string of the molecule is [C-]#[N+]c1ccc(-c2cc(-c3nc4cc(C=O)cc(F)c4o3)nc(C3CC3)c2)c(-c2nncn2C)c1. The van der Waals surface area contributed by atoms with E-state index in [4.69, 9.17) is 16.0 Å². The minimum atomic E-state index is -0.652. The van der Waals surface area contributed by atoms with Crippen LogP contribution in [0.4, 0.5) is 10.1 Å². The lowest BCUT2D eigenvalue weighted by Crippen LogP contribution is -1.97. The summed E-state index contributed by atoms with van der Waals surface area (Å²) >= 11 is 0. The molecule has 35 heavy (non-hydrogen) atoms. The monoisotopic (exact) mass is 464 g/mol. The van der Waals surface area contributed by atoms with Crippen LogP contribution >= 0.6 is 0 Å². The Morgan fingerprint density at radius 3 is 2.71 bits per heavy atom. The molecular formula is C26H17FN6O2. The molecule has 0 atom stereocenters.